The molecule has 0 amide bonds. The van der Waals surface area contributed by atoms with Crippen molar-refractivity contribution in [2.24, 2.45) is 23.7 Å². The molecule has 4 aliphatic carbocycles. The fourth-order valence-electron chi connectivity index (χ4n) is 5.10. The molecule has 4 aliphatic rings. The SMILES string of the molecule is CCC(=O)OC12CC3CC(C1)C(C(=O)OCC(F)(F)S(=O)(=O)O)C(C3)C2. The normalized spacial score (nSPS) is 36.0. The van der Waals surface area contributed by atoms with Crippen LogP contribution in [0.3, 0.4) is 0 Å². The molecule has 26 heavy (non-hydrogen) atoms. The molecule has 0 aromatic carbocycles. The minimum absolute atomic E-state index is 0.141. The van der Waals surface area contributed by atoms with Gasteiger partial charge in [0.05, 0.1) is 5.92 Å². The smallest absolute Gasteiger partial charge is 0.402 e. The highest BCUT2D eigenvalue weighted by molar-refractivity contribution is 7.86. The molecule has 10 heteroatoms. The third kappa shape index (κ3) is 3.45. The van der Waals surface area contributed by atoms with Crippen molar-refractivity contribution in [3.8, 4) is 0 Å². The Labute approximate surface area is 150 Å². The van der Waals surface area contributed by atoms with E-state index in [1.165, 1.54) is 0 Å². The molecule has 148 valence electrons. The van der Waals surface area contributed by atoms with E-state index in [4.69, 9.17) is 9.29 Å². The van der Waals surface area contributed by atoms with Crippen LogP contribution in [0.25, 0.3) is 0 Å². The summed E-state index contributed by atoms with van der Waals surface area (Å²) in [6.45, 7) is -0.00159. The number of rotatable bonds is 6. The monoisotopic (exact) mass is 396 g/mol. The van der Waals surface area contributed by atoms with Gasteiger partial charge in [0.15, 0.2) is 6.61 Å². The molecule has 2 atom stereocenters. The van der Waals surface area contributed by atoms with Crippen molar-refractivity contribution in [3.05, 3.63) is 0 Å². The predicted molar refractivity (Wildman–Crippen MR) is 83.6 cm³/mol. The number of carbonyl (C=O) groups excluding carboxylic acids is 2. The molecule has 0 aliphatic heterocycles. The summed E-state index contributed by atoms with van der Waals surface area (Å²) in [6.07, 6.45) is 3.46. The molecule has 2 unspecified atom stereocenters. The van der Waals surface area contributed by atoms with Gasteiger partial charge in [-0.25, -0.2) is 0 Å². The van der Waals surface area contributed by atoms with E-state index in [0.29, 0.717) is 18.8 Å². The number of alkyl halides is 2. The maximum absolute atomic E-state index is 13.3. The molecular weight excluding hydrogens is 374 g/mol. The molecule has 0 radical (unpaired) electrons. The number of halogens is 2. The number of hydrogen-bond acceptors (Lipinski definition) is 6. The summed E-state index contributed by atoms with van der Waals surface area (Å²) in [6, 6.07) is 0. The van der Waals surface area contributed by atoms with Crippen LogP contribution < -0.4 is 0 Å². The lowest BCUT2D eigenvalue weighted by Gasteiger charge is -2.58. The van der Waals surface area contributed by atoms with Crippen LogP contribution in [0.1, 0.15) is 45.4 Å². The third-order valence-corrected chi connectivity index (χ3v) is 6.74. The predicted octanol–water partition coefficient (Wildman–Crippen LogP) is 2.16. The van der Waals surface area contributed by atoms with Crippen LogP contribution >= 0.6 is 0 Å². The highest BCUT2D eigenvalue weighted by Gasteiger charge is 2.59. The Morgan fingerprint density at radius 1 is 1.19 bits per heavy atom. The topological polar surface area (TPSA) is 107 Å². The molecular formula is C16H22F2O7S. The highest BCUT2D eigenvalue weighted by Crippen LogP contribution is 2.60. The number of carbonyl (C=O) groups is 2. The van der Waals surface area contributed by atoms with Crippen molar-refractivity contribution >= 4 is 22.1 Å². The molecule has 0 aromatic rings. The van der Waals surface area contributed by atoms with Crippen molar-refractivity contribution in [1.29, 1.82) is 0 Å². The second-order valence-electron chi connectivity index (χ2n) is 7.73. The molecule has 4 rings (SSSR count). The Bertz CT molecular complexity index is 689. The van der Waals surface area contributed by atoms with Crippen LogP contribution in [0.5, 0.6) is 0 Å². The molecule has 0 spiro atoms. The first-order valence-electron chi connectivity index (χ1n) is 8.70. The molecule has 0 saturated heterocycles. The van der Waals surface area contributed by atoms with Gasteiger partial charge in [0.1, 0.15) is 5.60 Å². The van der Waals surface area contributed by atoms with Crippen molar-refractivity contribution < 1.29 is 40.8 Å². The lowest BCUT2D eigenvalue weighted by atomic mass is 9.50. The lowest BCUT2D eigenvalue weighted by molar-refractivity contribution is -0.203. The zero-order valence-corrected chi connectivity index (χ0v) is 15.1. The average molecular weight is 396 g/mol. The Kier molecular flexibility index (Phi) is 4.79. The molecule has 4 bridgehead atoms. The van der Waals surface area contributed by atoms with E-state index in [-0.39, 0.29) is 24.2 Å². The van der Waals surface area contributed by atoms with Gasteiger partial charge in [0, 0.05) is 6.42 Å². The lowest BCUT2D eigenvalue weighted by Crippen LogP contribution is -2.58. The number of ether oxygens (including phenoxy) is 2. The minimum atomic E-state index is -5.64. The van der Waals surface area contributed by atoms with E-state index in [1.807, 2.05) is 0 Å². The molecule has 4 fully saturated rings. The van der Waals surface area contributed by atoms with Gasteiger partial charge in [-0.2, -0.15) is 17.2 Å². The second kappa shape index (κ2) is 6.40. The summed E-state index contributed by atoms with van der Waals surface area (Å²) in [5.74, 6) is -1.74. The maximum atomic E-state index is 13.3. The van der Waals surface area contributed by atoms with Gasteiger partial charge in [0.25, 0.3) is 0 Å². The van der Waals surface area contributed by atoms with Crippen LogP contribution in [0.2, 0.25) is 0 Å². The van der Waals surface area contributed by atoms with Gasteiger partial charge in [0.2, 0.25) is 0 Å². The van der Waals surface area contributed by atoms with E-state index >= 15 is 0 Å². The van der Waals surface area contributed by atoms with Crippen LogP contribution in [-0.4, -0.2) is 42.4 Å². The summed E-state index contributed by atoms with van der Waals surface area (Å²) in [7, 11) is -5.64. The third-order valence-electron chi connectivity index (χ3n) is 5.87. The van der Waals surface area contributed by atoms with Gasteiger partial charge in [-0.3, -0.25) is 14.1 Å². The van der Waals surface area contributed by atoms with Crippen LogP contribution in [0.4, 0.5) is 8.78 Å². The first-order valence-corrected chi connectivity index (χ1v) is 10.1. The summed E-state index contributed by atoms with van der Waals surface area (Å²) in [5.41, 5.74) is -0.585. The van der Waals surface area contributed by atoms with Crippen molar-refractivity contribution in [3.63, 3.8) is 0 Å². The fraction of sp³-hybridized carbons (Fsp3) is 0.875. The van der Waals surface area contributed by atoms with Crippen LogP contribution in [-0.2, 0) is 29.2 Å². The molecule has 1 N–H and O–H groups in total. The summed E-state index contributed by atoms with van der Waals surface area (Å²) >= 11 is 0. The largest absolute Gasteiger partial charge is 0.459 e. The summed E-state index contributed by atoms with van der Waals surface area (Å²) in [4.78, 5) is 24.1. The zero-order valence-electron chi connectivity index (χ0n) is 14.3. The number of esters is 2. The van der Waals surface area contributed by atoms with Crippen LogP contribution in [0.15, 0.2) is 0 Å². The Hall–Kier alpha value is -1.29. The average Bonchev–Trinajstić information content (AvgIpc) is 2.50. The highest BCUT2D eigenvalue weighted by atomic mass is 32.2. The second-order valence-corrected chi connectivity index (χ2v) is 9.27. The maximum Gasteiger partial charge on any atom is 0.402 e. The van der Waals surface area contributed by atoms with E-state index in [9.17, 15) is 26.8 Å². The molecule has 0 heterocycles. The van der Waals surface area contributed by atoms with Crippen molar-refractivity contribution in [2.75, 3.05) is 6.61 Å². The quantitative estimate of drug-likeness (QED) is 0.541. The van der Waals surface area contributed by atoms with Gasteiger partial charge in [-0.05, 0) is 49.9 Å². The van der Waals surface area contributed by atoms with Crippen molar-refractivity contribution in [2.45, 2.75) is 56.3 Å². The summed E-state index contributed by atoms with van der Waals surface area (Å²) in [5, 5.41) is -4.54. The van der Waals surface area contributed by atoms with Gasteiger partial charge >= 0.3 is 27.3 Å². The van der Waals surface area contributed by atoms with E-state index in [1.54, 1.807) is 6.92 Å². The first-order chi connectivity index (χ1) is 12.0. The molecule has 0 aromatic heterocycles. The Balaban J connectivity index is 1.68. The van der Waals surface area contributed by atoms with Crippen LogP contribution in [0, 0.1) is 23.7 Å². The zero-order chi connectivity index (χ0) is 19.3. The number of hydrogen-bond donors (Lipinski definition) is 1. The molecule has 7 nitrogen and oxygen atoms in total. The van der Waals surface area contributed by atoms with Crippen molar-refractivity contribution in [1.82, 2.24) is 0 Å². The fourth-order valence-corrected chi connectivity index (χ4v) is 5.31. The van der Waals surface area contributed by atoms with Gasteiger partial charge in [-0.1, -0.05) is 6.92 Å². The molecule has 4 saturated carbocycles. The minimum Gasteiger partial charge on any atom is -0.459 e. The first kappa shape index (κ1) is 19.5. The summed E-state index contributed by atoms with van der Waals surface area (Å²) < 4.78 is 66.5. The van der Waals surface area contributed by atoms with E-state index < -0.39 is 39.5 Å². The Morgan fingerprint density at radius 2 is 1.77 bits per heavy atom. The van der Waals surface area contributed by atoms with Gasteiger partial charge < -0.3 is 9.47 Å². The van der Waals surface area contributed by atoms with E-state index in [0.717, 1.165) is 19.3 Å². The Morgan fingerprint density at radius 3 is 2.27 bits per heavy atom. The van der Waals surface area contributed by atoms with Gasteiger partial charge in [-0.15, -0.1) is 0 Å². The van der Waals surface area contributed by atoms with E-state index in [2.05, 4.69) is 4.74 Å². The standard InChI is InChI=1S/C16H22F2O7S/c1-2-12(19)25-15-5-9-3-10(6-15)13(11(4-9)7-15)14(20)24-8-16(17,18)26(21,22)23/h9-11,13H,2-8H2,1H3,(H,21,22,23).